The third-order valence-electron chi connectivity index (χ3n) is 5.33. The number of rotatable bonds is 5. The van der Waals surface area contributed by atoms with Gasteiger partial charge in [0.05, 0.1) is 22.8 Å². The summed E-state index contributed by atoms with van der Waals surface area (Å²) in [5.41, 5.74) is 3.14. The monoisotopic (exact) mass is 412 g/mol. The Morgan fingerprint density at radius 1 is 1.38 bits per heavy atom. The highest BCUT2D eigenvalue weighted by atomic mass is 32.1. The number of carbonyl (C=O) groups excluding carboxylic acids is 1. The molecule has 1 aliphatic heterocycles. The second-order valence-corrected chi connectivity index (χ2v) is 9.17. The summed E-state index contributed by atoms with van der Waals surface area (Å²) in [6, 6.07) is 1.99. The topological polar surface area (TPSA) is 75.9 Å². The third kappa shape index (κ3) is 4.33. The summed E-state index contributed by atoms with van der Waals surface area (Å²) >= 11 is 1.48. The van der Waals surface area contributed by atoms with Crippen LogP contribution < -0.4 is 5.32 Å². The largest absolute Gasteiger partial charge is 0.298 e. The zero-order chi connectivity index (χ0) is 20.5. The highest BCUT2D eigenvalue weighted by molar-refractivity contribution is 7.14. The summed E-state index contributed by atoms with van der Waals surface area (Å²) < 4.78 is 1.85. The molecule has 1 unspecified atom stereocenters. The maximum atomic E-state index is 13.0. The van der Waals surface area contributed by atoms with Crippen molar-refractivity contribution in [2.24, 2.45) is 5.92 Å². The predicted molar refractivity (Wildman–Crippen MR) is 116 cm³/mol. The summed E-state index contributed by atoms with van der Waals surface area (Å²) in [5.74, 6) is 0.571. The van der Waals surface area contributed by atoms with Gasteiger partial charge in [-0.3, -0.25) is 15.0 Å². The van der Waals surface area contributed by atoms with Crippen LogP contribution in [0.15, 0.2) is 17.6 Å². The Bertz CT molecular complexity index is 1020. The molecule has 0 saturated carbocycles. The minimum absolute atomic E-state index is 0.170. The van der Waals surface area contributed by atoms with Gasteiger partial charge >= 0.3 is 0 Å². The number of hydrogen-bond donors (Lipinski definition) is 1. The van der Waals surface area contributed by atoms with E-state index in [0.29, 0.717) is 10.7 Å². The molecule has 0 bridgehead atoms. The normalized spacial score (nSPS) is 17.9. The summed E-state index contributed by atoms with van der Waals surface area (Å²) in [4.78, 5) is 24.7. The summed E-state index contributed by atoms with van der Waals surface area (Å²) in [7, 11) is 0. The molecule has 0 spiro atoms. The average Bonchev–Trinajstić information content (AvgIpc) is 3.27. The number of aromatic nitrogens is 4. The van der Waals surface area contributed by atoms with Crippen molar-refractivity contribution in [2.75, 3.05) is 18.4 Å². The van der Waals surface area contributed by atoms with Gasteiger partial charge in [0, 0.05) is 30.2 Å². The Hall–Kier alpha value is -2.32. The van der Waals surface area contributed by atoms with Crippen molar-refractivity contribution in [1.29, 1.82) is 0 Å². The van der Waals surface area contributed by atoms with Gasteiger partial charge in [0.15, 0.2) is 10.8 Å². The number of aryl methyl sites for hydroxylation is 1. The minimum atomic E-state index is -0.170. The second kappa shape index (κ2) is 8.20. The van der Waals surface area contributed by atoms with E-state index >= 15 is 0 Å². The zero-order valence-electron chi connectivity index (χ0n) is 17.5. The van der Waals surface area contributed by atoms with E-state index in [0.717, 1.165) is 48.0 Å². The number of amides is 1. The van der Waals surface area contributed by atoms with Crippen LogP contribution >= 0.6 is 11.3 Å². The maximum Gasteiger partial charge on any atom is 0.258 e. The van der Waals surface area contributed by atoms with Crippen LogP contribution in [0, 0.1) is 12.8 Å². The lowest BCUT2D eigenvalue weighted by Gasteiger charge is -2.30. The van der Waals surface area contributed by atoms with Crippen molar-refractivity contribution in [2.45, 2.75) is 53.1 Å². The molecule has 1 amide bonds. The van der Waals surface area contributed by atoms with Gasteiger partial charge in [-0.15, -0.1) is 11.3 Å². The molecule has 8 heteroatoms. The Morgan fingerprint density at radius 2 is 2.21 bits per heavy atom. The highest BCUT2D eigenvalue weighted by Gasteiger charge is 2.20. The number of pyridine rings is 1. The van der Waals surface area contributed by atoms with Gasteiger partial charge in [-0.25, -0.2) is 14.6 Å². The molecule has 0 aromatic carbocycles. The Kier molecular flexibility index (Phi) is 5.65. The van der Waals surface area contributed by atoms with Crippen molar-refractivity contribution in [3.05, 3.63) is 34.6 Å². The molecule has 7 nitrogen and oxygen atoms in total. The predicted octanol–water partition coefficient (Wildman–Crippen LogP) is 4.26. The quantitative estimate of drug-likeness (QED) is 0.678. The average molecular weight is 413 g/mol. The van der Waals surface area contributed by atoms with E-state index in [1.807, 2.05) is 23.1 Å². The van der Waals surface area contributed by atoms with E-state index in [1.54, 1.807) is 6.20 Å². The van der Waals surface area contributed by atoms with Crippen LogP contribution in [0.5, 0.6) is 0 Å². The van der Waals surface area contributed by atoms with E-state index in [1.165, 1.54) is 24.2 Å². The molecule has 4 heterocycles. The molecule has 3 aromatic rings. The van der Waals surface area contributed by atoms with Crippen LogP contribution in [0.3, 0.4) is 0 Å². The Labute approximate surface area is 175 Å². The van der Waals surface area contributed by atoms with E-state index < -0.39 is 0 Å². The van der Waals surface area contributed by atoms with Gasteiger partial charge in [0.1, 0.15) is 0 Å². The van der Waals surface area contributed by atoms with Crippen LogP contribution in [0.25, 0.3) is 11.0 Å². The number of hydrogen-bond acceptors (Lipinski definition) is 6. The first-order valence-electron chi connectivity index (χ1n) is 10.2. The summed E-state index contributed by atoms with van der Waals surface area (Å²) in [6.07, 6.45) is 4.28. The molecule has 1 fully saturated rings. The molecule has 1 saturated heterocycles. The standard InChI is InChI=1S/C21H28N6OS/c1-13(2)27-19-18(9-22-27)17(8-15(4)23-19)20(28)25-21-24-16(12-29-21)11-26-7-5-6-14(3)10-26/h8-9,12-14H,5-7,10-11H2,1-4H3,(H,24,25,28). The van der Waals surface area contributed by atoms with Crippen LogP contribution in [0.2, 0.25) is 0 Å². The third-order valence-corrected chi connectivity index (χ3v) is 6.13. The maximum absolute atomic E-state index is 13.0. The number of carbonyl (C=O) groups is 1. The first kappa shape index (κ1) is 20.0. The number of piperidine rings is 1. The lowest BCUT2D eigenvalue weighted by molar-refractivity contribution is 0.102. The van der Waals surface area contributed by atoms with Crippen molar-refractivity contribution >= 4 is 33.4 Å². The lowest BCUT2D eigenvalue weighted by Crippen LogP contribution is -2.33. The van der Waals surface area contributed by atoms with Gasteiger partial charge in [-0.1, -0.05) is 6.92 Å². The molecular formula is C21H28N6OS. The molecule has 154 valence electrons. The van der Waals surface area contributed by atoms with Crippen LogP contribution in [0.4, 0.5) is 5.13 Å². The van der Waals surface area contributed by atoms with Gasteiger partial charge in [0.25, 0.3) is 5.91 Å². The summed E-state index contributed by atoms with van der Waals surface area (Å²) in [6.45, 7) is 11.4. The van der Waals surface area contributed by atoms with Crippen LogP contribution in [-0.4, -0.2) is 43.6 Å². The number of nitrogens with zero attached hydrogens (tertiary/aromatic N) is 5. The van der Waals surface area contributed by atoms with Gasteiger partial charge < -0.3 is 0 Å². The van der Waals surface area contributed by atoms with Gasteiger partial charge in [-0.2, -0.15) is 5.10 Å². The second-order valence-electron chi connectivity index (χ2n) is 8.31. The molecule has 0 aliphatic carbocycles. The van der Waals surface area contributed by atoms with E-state index in [9.17, 15) is 4.79 Å². The molecule has 0 radical (unpaired) electrons. The molecule has 1 N–H and O–H groups in total. The Balaban J connectivity index is 1.51. The van der Waals surface area contributed by atoms with Gasteiger partial charge in [0.2, 0.25) is 0 Å². The van der Waals surface area contributed by atoms with E-state index in [2.05, 4.69) is 46.1 Å². The molecule has 1 atom stereocenters. The van der Waals surface area contributed by atoms with Crippen molar-refractivity contribution in [3.8, 4) is 0 Å². The van der Waals surface area contributed by atoms with Crippen molar-refractivity contribution < 1.29 is 4.79 Å². The number of anilines is 1. The highest BCUT2D eigenvalue weighted by Crippen LogP contribution is 2.24. The Morgan fingerprint density at radius 3 is 2.97 bits per heavy atom. The number of thiazole rings is 1. The lowest BCUT2D eigenvalue weighted by atomic mass is 10.0. The number of likely N-dealkylation sites (tertiary alicyclic amines) is 1. The fraction of sp³-hybridized carbons (Fsp3) is 0.524. The van der Waals surface area contributed by atoms with Crippen molar-refractivity contribution in [3.63, 3.8) is 0 Å². The first-order chi connectivity index (χ1) is 13.9. The fourth-order valence-electron chi connectivity index (χ4n) is 3.97. The molecular weight excluding hydrogens is 384 g/mol. The molecule has 4 rings (SSSR count). The fourth-order valence-corrected chi connectivity index (χ4v) is 4.67. The van der Waals surface area contributed by atoms with E-state index in [4.69, 9.17) is 0 Å². The minimum Gasteiger partial charge on any atom is -0.298 e. The number of fused-ring (bicyclic) bond motifs is 1. The summed E-state index contributed by atoms with van der Waals surface area (Å²) in [5, 5.41) is 10.8. The molecule has 1 aliphatic rings. The first-order valence-corrected chi connectivity index (χ1v) is 11.1. The molecule has 3 aromatic heterocycles. The molecule has 29 heavy (non-hydrogen) atoms. The van der Waals surface area contributed by atoms with Gasteiger partial charge in [-0.05, 0) is 52.1 Å². The number of nitrogens with one attached hydrogen (secondary N) is 1. The zero-order valence-corrected chi connectivity index (χ0v) is 18.3. The van der Waals surface area contributed by atoms with Crippen LogP contribution in [-0.2, 0) is 6.54 Å². The SMILES string of the molecule is Cc1cc(C(=O)Nc2nc(CN3CCCC(C)C3)cs2)c2cnn(C(C)C)c2n1. The van der Waals surface area contributed by atoms with E-state index in [-0.39, 0.29) is 11.9 Å². The van der Waals surface area contributed by atoms with Crippen molar-refractivity contribution in [1.82, 2.24) is 24.6 Å². The smallest absolute Gasteiger partial charge is 0.258 e. The van der Waals surface area contributed by atoms with Crippen LogP contribution in [0.1, 0.15) is 61.4 Å².